The fourth-order valence-electron chi connectivity index (χ4n) is 2.03. The number of nitrogens with one attached hydrogen (secondary N) is 2. The van der Waals surface area contributed by atoms with Gasteiger partial charge in [0, 0.05) is 23.9 Å². The van der Waals surface area contributed by atoms with Gasteiger partial charge in [-0.2, -0.15) is 11.8 Å². The van der Waals surface area contributed by atoms with Crippen LogP contribution in [0, 0.1) is 0 Å². The molecule has 1 saturated heterocycles. The molecule has 0 radical (unpaired) electrons. The van der Waals surface area contributed by atoms with Crippen LogP contribution >= 0.6 is 11.8 Å². The highest BCUT2D eigenvalue weighted by Gasteiger charge is 2.36. The maximum Gasteiger partial charge on any atom is 0.191 e. The first-order valence-corrected chi connectivity index (χ1v) is 7.95. The summed E-state index contributed by atoms with van der Waals surface area (Å²) < 4.78 is 0. The Hall–Kier alpha value is -0.420. The smallest absolute Gasteiger partial charge is 0.191 e. The second kappa shape index (κ2) is 7.24. The van der Waals surface area contributed by atoms with Gasteiger partial charge in [-0.15, -0.1) is 0 Å². The summed E-state index contributed by atoms with van der Waals surface area (Å²) in [5.41, 5.74) is 0.240. The van der Waals surface area contributed by atoms with Crippen LogP contribution in [0.2, 0.25) is 0 Å². The molecule has 0 aromatic carbocycles. The lowest BCUT2D eigenvalue weighted by atomic mass is 9.98. The van der Waals surface area contributed by atoms with E-state index in [1.165, 1.54) is 17.9 Å². The average Bonchev–Trinajstić information content (AvgIpc) is 2.75. The predicted molar refractivity (Wildman–Crippen MR) is 82.6 cm³/mol. The van der Waals surface area contributed by atoms with E-state index in [2.05, 4.69) is 50.4 Å². The molecule has 0 amide bonds. The van der Waals surface area contributed by atoms with Crippen molar-refractivity contribution < 1.29 is 0 Å². The van der Waals surface area contributed by atoms with Gasteiger partial charge in [-0.3, -0.25) is 4.99 Å². The zero-order valence-corrected chi connectivity index (χ0v) is 13.2. The molecular formula is C13H28N4S. The summed E-state index contributed by atoms with van der Waals surface area (Å²) in [6, 6.07) is 0.413. The van der Waals surface area contributed by atoms with E-state index in [0.29, 0.717) is 6.04 Å². The zero-order chi connectivity index (χ0) is 13.6. The quantitative estimate of drug-likeness (QED) is 0.586. The molecule has 18 heavy (non-hydrogen) atoms. The van der Waals surface area contributed by atoms with Crippen molar-refractivity contribution in [1.82, 2.24) is 15.5 Å². The van der Waals surface area contributed by atoms with Crippen LogP contribution in [0.5, 0.6) is 0 Å². The largest absolute Gasteiger partial charge is 0.357 e. The van der Waals surface area contributed by atoms with Crippen molar-refractivity contribution >= 4 is 17.7 Å². The van der Waals surface area contributed by atoms with Crippen molar-refractivity contribution in [3.8, 4) is 0 Å². The topological polar surface area (TPSA) is 39.7 Å². The van der Waals surface area contributed by atoms with Crippen LogP contribution in [-0.4, -0.2) is 61.1 Å². The number of hydrogen-bond acceptors (Lipinski definition) is 3. The summed E-state index contributed by atoms with van der Waals surface area (Å²) >= 11 is 2.04. The van der Waals surface area contributed by atoms with Crippen LogP contribution in [-0.2, 0) is 0 Å². The molecule has 1 rings (SSSR count). The van der Waals surface area contributed by atoms with E-state index in [9.17, 15) is 0 Å². The van der Waals surface area contributed by atoms with Gasteiger partial charge in [0.25, 0.3) is 0 Å². The van der Waals surface area contributed by atoms with Gasteiger partial charge in [-0.1, -0.05) is 0 Å². The minimum Gasteiger partial charge on any atom is -0.357 e. The standard InChI is InChI=1S/C13H28N4S/c1-6-14-12(16-11(2)3)15-9-13(17(4)5)7-8-18-10-13/h11H,6-10H2,1-5H3,(H2,14,15,16). The van der Waals surface area contributed by atoms with Crippen molar-refractivity contribution in [3.63, 3.8) is 0 Å². The predicted octanol–water partition coefficient (Wildman–Crippen LogP) is 1.39. The van der Waals surface area contributed by atoms with Gasteiger partial charge in [-0.25, -0.2) is 0 Å². The number of thioether (sulfide) groups is 1. The molecular weight excluding hydrogens is 244 g/mol. The minimum absolute atomic E-state index is 0.240. The van der Waals surface area contributed by atoms with Gasteiger partial charge in [0.2, 0.25) is 0 Å². The highest BCUT2D eigenvalue weighted by molar-refractivity contribution is 7.99. The van der Waals surface area contributed by atoms with Gasteiger partial charge < -0.3 is 15.5 Å². The van der Waals surface area contributed by atoms with E-state index in [1.807, 2.05) is 11.8 Å². The molecule has 0 aliphatic carbocycles. The highest BCUT2D eigenvalue weighted by Crippen LogP contribution is 2.32. The molecule has 106 valence electrons. The summed E-state index contributed by atoms with van der Waals surface area (Å²) in [5.74, 6) is 3.37. The van der Waals surface area contributed by atoms with E-state index in [-0.39, 0.29) is 5.54 Å². The molecule has 0 aromatic rings. The lowest BCUT2D eigenvalue weighted by molar-refractivity contribution is 0.190. The van der Waals surface area contributed by atoms with E-state index in [0.717, 1.165) is 19.0 Å². The van der Waals surface area contributed by atoms with Gasteiger partial charge in [0.1, 0.15) is 0 Å². The maximum atomic E-state index is 4.77. The molecule has 2 N–H and O–H groups in total. The summed E-state index contributed by atoms with van der Waals surface area (Å²) in [4.78, 5) is 7.11. The Bertz CT molecular complexity index is 270. The first-order valence-electron chi connectivity index (χ1n) is 6.80. The molecule has 1 aliphatic heterocycles. The summed E-state index contributed by atoms with van der Waals surface area (Å²) in [5, 5.41) is 6.68. The van der Waals surface area contributed by atoms with Crippen molar-refractivity contribution in [3.05, 3.63) is 0 Å². The van der Waals surface area contributed by atoms with Gasteiger partial charge >= 0.3 is 0 Å². The fourth-order valence-corrected chi connectivity index (χ4v) is 3.58. The molecule has 1 fully saturated rings. The molecule has 0 aromatic heterocycles. The van der Waals surface area contributed by atoms with Crippen molar-refractivity contribution in [2.75, 3.05) is 38.7 Å². The second-order valence-electron chi connectivity index (χ2n) is 5.42. The number of likely N-dealkylation sites (N-methyl/N-ethyl adjacent to an activating group) is 1. The minimum atomic E-state index is 0.240. The van der Waals surface area contributed by atoms with E-state index >= 15 is 0 Å². The first-order chi connectivity index (χ1) is 8.50. The van der Waals surface area contributed by atoms with Crippen molar-refractivity contribution in [2.24, 2.45) is 4.99 Å². The van der Waals surface area contributed by atoms with Crippen LogP contribution in [0.4, 0.5) is 0 Å². The third-order valence-corrected chi connectivity index (χ3v) is 4.57. The van der Waals surface area contributed by atoms with Crippen LogP contribution < -0.4 is 10.6 Å². The van der Waals surface area contributed by atoms with Gasteiger partial charge in [0.15, 0.2) is 5.96 Å². The second-order valence-corrected chi connectivity index (χ2v) is 6.52. The average molecular weight is 272 g/mol. The Morgan fingerprint density at radius 1 is 1.44 bits per heavy atom. The van der Waals surface area contributed by atoms with Gasteiger partial charge in [0.05, 0.1) is 6.54 Å². The van der Waals surface area contributed by atoms with Crippen molar-refractivity contribution in [2.45, 2.75) is 38.8 Å². The maximum absolute atomic E-state index is 4.77. The van der Waals surface area contributed by atoms with E-state index < -0.39 is 0 Å². The Morgan fingerprint density at radius 3 is 2.61 bits per heavy atom. The fraction of sp³-hybridized carbons (Fsp3) is 0.923. The number of nitrogens with zero attached hydrogens (tertiary/aromatic N) is 2. The number of aliphatic imine (C=N–C) groups is 1. The molecule has 1 atom stereocenters. The number of guanidine groups is 1. The van der Waals surface area contributed by atoms with Crippen LogP contribution in [0.1, 0.15) is 27.2 Å². The number of hydrogen-bond donors (Lipinski definition) is 2. The van der Waals surface area contributed by atoms with Crippen molar-refractivity contribution in [1.29, 1.82) is 0 Å². The Kier molecular flexibility index (Phi) is 6.29. The number of rotatable bonds is 5. The lowest BCUT2D eigenvalue weighted by Crippen LogP contribution is -2.49. The van der Waals surface area contributed by atoms with Crippen LogP contribution in [0.25, 0.3) is 0 Å². The lowest BCUT2D eigenvalue weighted by Gasteiger charge is -2.34. The normalized spacial score (nSPS) is 24.9. The highest BCUT2D eigenvalue weighted by atomic mass is 32.2. The first kappa shape index (κ1) is 15.6. The third-order valence-electron chi connectivity index (χ3n) is 3.33. The zero-order valence-electron chi connectivity index (χ0n) is 12.4. The summed E-state index contributed by atoms with van der Waals surface area (Å²) in [6.07, 6.45) is 1.23. The molecule has 4 nitrogen and oxygen atoms in total. The third kappa shape index (κ3) is 4.35. The molecule has 1 unspecified atom stereocenters. The summed E-state index contributed by atoms with van der Waals surface area (Å²) in [6.45, 7) is 8.15. The molecule has 0 spiro atoms. The molecule has 1 heterocycles. The monoisotopic (exact) mass is 272 g/mol. The molecule has 5 heteroatoms. The Morgan fingerprint density at radius 2 is 2.17 bits per heavy atom. The van der Waals surface area contributed by atoms with Gasteiger partial charge in [-0.05, 0) is 47.0 Å². The molecule has 0 saturated carbocycles. The molecule has 0 bridgehead atoms. The van der Waals surface area contributed by atoms with E-state index in [4.69, 9.17) is 4.99 Å². The Labute approximate surface area is 116 Å². The van der Waals surface area contributed by atoms with Crippen LogP contribution in [0.15, 0.2) is 4.99 Å². The van der Waals surface area contributed by atoms with Crippen LogP contribution in [0.3, 0.4) is 0 Å². The Balaban J connectivity index is 2.66. The summed E-state index contributed by atoms with van der Waals surface area (Å²) in [7, 11) is 4.34. The van der Waals surface area contributed by atoms with E-state index in [1.54, 1.807) is 0 Å². The molecule has 1 aliphatic rings. The SMILES string of the molecule is CCNC(=NCC1(N(C)C)CCSC1)NC(C)C.